The second kappa shape index (κ2) is 7.23. The Labute approximate surface area is 137 Å². The quantitative estimate of drug-likeness (QED) is 0.595. The van der Waals surface area contributed by atoms with Gasteiger partial charge in [-0.25, -0.2) is 0 Å². The third kappa shape index (κ3) is 3.17. The zero-order chi connectivity index (χ0) is 17.7. The van der Waals surface area contributed by atoms with Crippen LogP contribution in [0.4, 0.5) is 0 Å². The highest BCUT2D eigenvalue weighted by Crippen LogP contribution is 2.37. The zero-order valence-corrected chi connectivity index (χ0v) is 13.0. The molecular formula is C16H14N2O6. The highest BCUT2D eigenvalue weighted by Gasteiger charge is 2.36. The number of nitrogens with zero attached hydrogens (tertiary/aromatic N) is 2. The average Bonchev–Trinajstić information content (AvgIpc) is 2.58. The lowest BCUT2D eigenvalue weighted by atomic mass is 9.96. The van der Waals surface area contributed by atoms with Gasteiger partial charge in [0.05, 0.1) is 14.2 Å². The predicted molar refractivity (Wildman–Crippen MR) is 86.0 cm³/mol. The number of nitro groups is 2. The zero-order valence-electron chi connectivity index (χ0n) is 13.0. The second-order valence-corrected chi connectivity index (χ2v) is 4.61. The molecule has 0 spiro atoms. The molecule has 0 atom stereocenters. The molecular weight excluding hydrogens is 316 g/mol. The van der Waals surface area contributed by atoms with Crippen LogP contribution in [-0.2, 0) is 0 Å². The van der Waals surface area contributed by atoms with Gasteiger partial charge >= 0.3 is 5.82 Å². The maximum absolute atomic E-state index is 11.4. The van der Waals surface area contributed by atoms with Gasteiger partial charge < -0.3 is 9.47 Å². The molecule has 0 amide bonds. The van der Waals surface area contributed by atoms with Crippen LogP contribution < -0.4 is 9.47 Å². The summed E-state index contributed by atoms with van der Waals surface area (Å²) in [5, 5.41) is 22.7. The van der Waals surface area contributed by atoms with Crippen LogP contribution in [0.1, 0.15) is 11.1 Å². The van der Waals surface area contributed by atoms with Crippen molar-refractivity contribution < 1.29 is 19.3 Å². The molecule has 0 aromatic heterocycles. The summed E-state index contributed by atoms with van der Waals surface area (Å²) in [6, 6.07) is 12.8. The fourth-order valence-electron chi connectivity index (χ4n) is 2.34. The van der Waals surface area contributed by atoms with Gasteiger partial charge in [0.25, 0.3) is 0 Å². The van der Waals surface area contributed by atoms with Crippen LogP contribution in [0, 0.1) is 20.2 Å². The van der Waals surface area contributed by atoms with Crippen molar-refractivity contribution >= 4 is 5.57 Å². The molecule has 0 aliphatic heterocycles. The van der Waals surface area contributed by atoms with E-state index in [2.05, 4.69) is 0 Å². The topological polar surface area (TPSA) is 105 Å². The smallest absolute Gasteiger partial charge is 0.496 e. The van der Waals surface area contributed by atoms with Gasteiger partial charge in [0.15, 0.2) is 5.57 Å². The van der Waals surface area contributed by atoms with Crippen molar-refractivity contribution in [3.05, 3.63) is 85.7 Å². The summed E-state index contributed by atoms with van der Waals surface area (Å²) in [5.74, 6) is -0.594. The van der Waals surface area contributed by atoms with Gasteiger partial charge in [0, 0.05) is 11.1 Å². The monoisotopic (exact) mass is 330 g/mol. The molecule has 0 saturated heterocycles. The number of ether oxygens (including phenoxy) is 2. The molecule has 8 heteroatoms. The van der Waals surface area contributed by atoms with E-state index in [9.17, 15) is 20.2 Å². The van der Waals surface area contributed by atoms with Gasteiger partial charge in [0.2, 0.25) is 0 Å². The molecule has 0 fully saturated rings. The summed E-state index contributed by atoms with van der Waals surface area (Å²) >= 11 is 0. The summed E-state index contributed by atoms with van der Waals surface area (Å²) in [5.41, 5.74) is 0.278. The Morgan fingerprint density at radius 3 is 1.50 bits per heavy atom. The van der Waals surface area contributed by atoms with E-state index in [1.165, 1.54) is 26.4 Å². The Bertz CT molecular complexity index is 750. The first-order valence-corrected chi connectivity index (χ1v) is 6.81. The van der Waals surface area contributed by atoms with Gasteiger partial charge in [0.1, 0.15) is 21.3 Å². The molecule has 0 aliphatic carbocycles. The molecule has 0 heterocycles. The fourth-order valence-corrected chi connectivity index (χ4v) is 2.34. The number of methoxy groups -OCH3 is 2. The molecule has 0 radical (unpaired) electrons. The van der Waals surface area contributed by atoms with Gasteiger partial charge in [-0.3, -0.25) is 20.2 Å². The van der Waals surface area contributed by atoms with Crippen molar-refractivity contribution in [2.24, 2.45) is 0 Å². The maximum atomic E-state index is 11.4. The van der Waals surface area contributed by atoms with E-state index in [1.54, 1.807) is 36.4 Å². The van der Waals surface area contributed by atoms with Crippen molar-refractivity contribution in [3.8, 4) is 11.5 Å². The Balaban J connectivity index is 2.93. The van der Waals surface area contributed by atoms with Gasteiger partial charge in [-0.2, -0.15) is 0 Å². The summed E-state index contributed by atoms with van der Waals surface area (Å²) in [6.45, 7) is 0. The highest BCUT2D eigenvalue weighted by atomic mass is 16.7. The normalized spacial score (nSPS) is 9.92. The Kier molecular flexibility index (Phi) is 5.10. The summed E-state index contributed by atoms with van der Waals surface area (Å²) in [7, 11) is 2.77. The molecule has 24 heavy (non-hydrogen) atoms. The van der Waals surface area contributed by atoms with Crippen LogP contribution in [0.5, 0.6) is 11.5 Å². The van der Waals surface area contributed by atoms with Gasteiger partial charge in [-0.15, -0.1) is 0 Å². The minimum atomic E-state index is -1.15. The molecule has 8 nitrogen and oxygen atoms in total. The number of benzene rings is 2. The highest BCUT2D eigenvalue weighted by molar-refractivity contribution is 5.85. The number of hydrogen-bond acceptors (Lipinski definition) is 6. The largest absolute Gasteiger partial charge is 0.567 e. The predicted octanol–water partition coefficient (Wildman–Crippen LogP) is 2.97. The first-order chi connectivity index (χ1) is 11.5. The SMILES string of the molecule is COc1ccccc1C(=C([N+](=O)[O-])[N+](=O)[O-])c1ccccc1OC. The number of rotatable bonds is 6. The first kappa shape index (κ1) is 16.9. The van der Waals surface area contributed by atoms with E-state index in [0.29, 0.717) is 0 Å². The fraction of sp³-hybridized carbons (Fsp3) is 0.125. The van der Waals surface area contributed by atoms with Crippen molar-refractivity contribution in [2.75, 3.05) is 14.2 Å². The van der Waals surface area contributed by atoms with E-state index in [0.717, 1.165) is 0 Å². The summed E-state index contributed by atoms with van der Waals surface area (Å²) in [6.07, 6.45) is 0. The van der Waals surface area contributed by atoms with Crippen LogP contribution in [0.15, 0.2) is 54.4 Å². The van der Waals surface area contributed by atoms with E-state index >= 15 is 0 Å². The van der Waals surface area contributed by atoms with Crippen molar-refractivity contribution in [1.82, 2.24) is 0 Å². The molecule has 0 N–H and O–H groups in total. The molecule has 0 unspecified atom stereocenters. The minimum absolute atomic E-state index is 0.181. The second-order valence-electron chi connectivity index (χ2n) is 4.61. The molecule has 2 aromatic rings. The molecule has 2 rings (SSSR count). The average molecular weight is 330 g/mol. The number of para-hydroxylation sites is 2. The lowest BCUT2D eigenvalue weighted by Crippen LogP contribution is -2.14. The van der Waals surface area contributed by atoms with Crippen LogP contribution in [-0.4, -0.2) is 24.1 Å². The lowest BCUT2D eigenvalue weighted by molar-refractivity contribution is -0.614. The van der Waals surface area contributed by atoms with Crippen LogP contribution >= 0.6 is 0 Å². The van der Waals surface area contributed by atoms with Crippen molar-refractivity contribution in [2.45, 2.75) is 0 Å². The van der Waals surface area contributed by atoms with Gasteiger partial charge in [-0.05, 0) is 12.1 Å². The third-order valence-corrected chi connectivity index (χ3v) is 3.32. The molecule has 2 aromatic carbocycles. The van der Waals surface area contributed by atoms with Crippen LogP contribution in [0.25, 0.3) is 5.57 Å². The maximum Gasteiger partial charge on any atom is 0.567 e. The Morgan fingerprint density at radius 1 is 0.792 bits per heavy atom. The standard InChI is InChI=1S/C16H14N2O6/c1-23-13-9-5-3-7-11(13)15(16(17(19)20)18(21)22)12-8-4-6-10-14(12)24-2/h3-10H,1-2H3. The van der Waals surface area contributed by atoms with Crippen molar-refractivity contribution in [3.63, 3.8) is 0 Å². The van der Waals surface area contributed by atoms with E-state index in [-0.39, 0.29) is 28.2 Å². The lowest BCUT2D eigenvalue weighted by Gasteiger charge is -2.12. The molecule has 0 bridgehead atoms. The van der Waals surface area contributed by atoms with E-state index in [4.69, 9.17) is 9.47 Å². The van der Waals surface area contributed by atoms with E-state index in [1.807, 2.05) is 0 Å². The first-order valence-electron chi connectivity index (χ1n) is 6.81. The van der Waals surface area contributed by atoms with E-state index < -0.39 is 15.7 Å². The number of hydrogen-bond donors (Lipinski definition) is 0. The Hall–Kier alpha value is -3.42. The summed E-state index contributed by atoms with van der Waals surface area (Å²) < 4.78 is 10.4. The van der Waals surface area contributed by atoms with Crippen LogP contribution in [0.2, 0.25) is 0 Å². The van der Waals surface area contributed by atoms with Crippen molar-refractivity contribution in [1.29, 1.82) is 0 Å². The third-order valence-electron chi connectivity index (χ3n) is 3.32. The van der Waals surface area contributed by atoms with Crippen LogP contribution in [0.3, 0.4) is 0 Å². The Morgan fingerprint density at radius 2 is 1.17 bits per heavy atom. The molecule has 124 valence electrons. The minimum Gasteiger partial charge on any atom is -0.496 e. The molecule has 0 aliphatic rings. The summed E-state index contributed by atoms with van der Waals surface area (Å²) in [4.78, 5) is 20.7. The molecule has 0 saturated carbocycles. The van der Waals surface area contributed by atoms with Gasteiger partial charge in [-0.1, -0.05) is 36.4 Å².